The van der Waals surface area contributed by atoms with Crippen LogP contribution in [-0.4, -0.2) is 66.4 Å². The number of β-amino-alcohol motifs (C(OH)–C–C–N with tert-alkyl or cyclic N) is 1. The van der Waals surface area contributed by atoms with E-state index in [9.17, 15) is 9.50 Å². The van der Waals surface area contributed by atoms with Crippen LogP contribution < -0.4 is 0 Å². The van der Waals surface area contributed by atoms with Crippen LogP contribution in [0.1, 0.15) is 5.56 Å². The summed E-state index contributed by atoms with van der Waals surface area (Å²) in [5, 5.41) is 10.7. The maximum absolute atomic E-state index is 13.9. The van der Waals surface area contributed by atoms with Crippen molar-refractivity contribution in [3.05, 3.63) is 34.6 Å². The Labute approximate surface area is 129 Å². The minimum absolute atomic E-state index is 0.0967. The molecule has 2 saturated heterocycles. The van der Waals surface area contributed by atoms with Crippen molar-refractivity contribution in [3.8, 4) is 0 Å². The van der Waals surface area contributed by atoms with Crippen molar-refractivity contribution in [2.45, 2.75) is 18.7 Å². The number of benzene rings is 1. The quantitative estimate of drug-likeness (QED) is 0.914. The smallest absolute Gasteiger partial charge is 0.129 e. The number of hydrogen-bond donors (Lipinski definition) is 1. The van der Waals surface area contributed by atoms with E-state index in [1.54, 1.807) is 12.1 Å². The van der Waals surface area contributed by atoms with Crippen LogP contribution in [0.2, 0.25) is 5.02 Å². The van der Waals surface area contributed by atoms with Crippen molar-refractivity contribution in [1.29, 1.82) is 0 Å². The Bertz CT molecular complexity index is 476. The lowest BCUT2D eigenvalue weighted by Gasteiger charge is -2.33. The van der Waals surface area contributed by atoms with E-state index in [2.05, 4.69) is 9.80 Å². The fraction of sp³-hybridized carbons (Fsp3) is 0.600. The Kier molecular flexibility index (Phi) is 4.76. The molecule has 0 amide bonds. The molecular formula is C15H20ClFN2O2. The van der Waals surface area contributed by atoms with Crippen LogP contribution in [0, 0.1) is 5.82 Å². The van der Waals surface area contributed by atoms with E-state index < -0.39 is 6.10 Å². The van der Waals surface area contributed by atoms with E-state index in [0.717, 1.165) is 19.6 Å². The topological polar surface area (TPSA) is 35.9 Å². The van der Waals surface area contributed by atoms with Gasteiger partial charge >= 0.3 is 0 Å². The molecule has 1 aromatic carbocycles. The predicted molar refractivity (Wildman–Crippen MR) is 78.9 cm³/mol. The molecule has 0 spiro atoms. The maximum atomic E-state index is 13.9. The zero-order chi connectivity index (χ0) is 14.8. The summed E-state index contributed by atoms with van der Waals surface area (Å²) in [7, 11) is 0. The number of nitrogens with zero attached hydrogens (tertiary/aromatic N) is 2. The Morgan fingerprint density at radius 2 is 2.05 bits per heavy atom. The van der Waals surface area contributed by atoms with Gasteiger partial charge in [0.15, 0.2) is 0 Å². The van der Waals surface area contributed by atoms with Gasteiger partial charge in [0.1, 0.15) is 5.82 Å². The molecule has 2 aliphatic rings. The number of morpholine rings is 1. The number of ether oxygens (including phenoxy) is 1. The molecule has 0 aliphatic carbocycles. The van der Waals surface area contributed by atoms with Crippen molar-refractivity contribution in [2.75, 3.05) is 39.4 Å². The average molecular weight is 315 g/mol. The third-order valence-corrected chi connectivity index (χ3v) is 4.65. The van der Waals surface area contributed by atoms with Gasteiger partial charge < -0.3 is 9.84 Å². The van der Waals surface area contributed by atoms with Gasteiger partial charge in [-0.15, -0.1) is 0 Å². The van der Waals surface area contributed by atoms with Crippen LogP contribution in [-0.2, 0) is 11.3 Å². The van der Waals surface area contributed by atoms with Crippen LogP contribution in [0.3, 0.4) is 0 Å². The number of hydrogen-bond acceptors (Lipinski definition) is 4. The van der Waals surface area contributed by atoms with E-state index in [1.807, 2.05) is 0 Å². The molecule has 116 valence electrons. The van der Waals surface area contributed by atoms with E-state index in [4.69, 9.17) is 16.3 Å². The first-order chi connectivity index (χ1) is 10.1. The maximum Gasteiger partial charge on any atom is 0.129 e. The van der Waals surface area contributed by atoms with Crippen molar-refractivity contribution in [2.24, 2.45) is 0 Å². The molecule has 0 unspecified atom stereocenters. The second kappa shape index (κ2) is 6.58. The summed E-state index contributed by atoms with van der Waals surface area (Å²) in [5.41, 5.74) is 0.508. The van der Waals surface area contributed by atoms with Gasteiger partial charge in [0.2, 0.25) is 0 Å². The first-order valence-electron chi connectivity index (χ1n) is 7.30. The van der Waals surface area contributed by atoms with Crippen molar-refractivity contribution >= 4 is 11.6 Å². The average Bonchev–Trinajstić information content (AvgIpc) is 2.85. The van der Waals surface area contributed by atoms with E-state index in [0.29, 0.717) is 36.9 Å². The summed E-state index contributed by atoms with van der Waals surface area (Å²) in [4.78, 5) is 4.33. The second-order valence-corrected chi connectivity index (χ2v) is 6.08. The molecule has 2 fully saturated rings. The highest BCUT2D eigenvalue weighted by molar-refractivity contribution is 6.31. The van der Waals surface area contributed by atoms with E-state index >= 15 is 0 Å². The first-order valence-corrected chi connectivity index (χ1v) is 7.68. The Morgan fingerprint density at radius 1 is 1.29 bits per heavy atom. The van der Waals surface area contributed by atoms with Gasteiger partial charge in [-0.25, -0.2) is 4.39 Å². The van der Waals surface area contributed by atoms with Crippen LogP contribution >= 0.6 is 11.6 Å². The lowest BCUT2D eigenvalue weighted by atomic mass is 10.1. The predicted octanol–water partition coefficient (Wildman–Crippen LogP) is 1.36. The molecule has 0 aromatic heterocycles. The molecule has 3 rings (SSSR count). The molecule has 2 heterocycles. The normalized spacial score (nSPS) is 28.1. The third-order valence-electron chi connectivity index (χ3n) is 4.29. The van der Waals surface area contributed by atoms with E-state index in [1.165, 1.54) is 6.07 Å². The van der Waals surface area contributed by atoms with Crippen LogP contribution in [0.4, 0.5) is 4.39 Å². The summed E-state index contributed by atoms with van der Waals surface area (Å²) in [6.45, 7) is 4.82. The summed E-state index contributed by atoms with van der Waals surface area (Å²) in [5.74, 6) is -0.285. The minimum Gasteiger partial charge on any atom is -0.390 e. The molecule has 0 bridgehead atoms. The fourth-order valence-corrected chi connectivity index (χ4v) is 3.37. The van der Waals surface area contributed by atoms with Crippen LogP contribution in [0.5, 0.6) is 0 Å². The highest BCUT2D eigenvalue weighted by atomic mass is 35.5. The standard InChI is InChI=1S/C15H20ClFN2O2/c16-12-2-1-3-13(17)11(12)8-18-9-14(15(20)10-18)19-4-6-21-7-5-19/h1-3,14-15,20H,4-10H2/t14-,15-/m1/s1. The summed E-state index contributed by atoms with van der Waals surface area (Å²) >= 11 is 6.07. The molecule has 0 radical (unpaired) electrons. The molecule has 0 saturated carbocycles. The SMILES string of the molecule is O[C@@H]1CN(Cc2c(F)cccc2Cl)C[C@H]1N1CCOCC1. The zero-order valence-corrected chi connectivity index (χ0v) is 12.6. The monoisotopic (exact) mass is 314 g/mol. The third kappa shape index (κ3) is 3.38. The van der Waals surface area contributed by atoms with Crippen molar-refractivity contribution in [1.82, 2.24) is 9.80 Å². The summed E-state index contributed by atoms with van der Waals surface area (Å²) < 4.78 is 19.2. The summed E-state index contributed by atoms with van der Waals surface area (Å²) in [6.07, 6.45) is -0.409. The van der Waals surface area contributed by atoms with E-state index in [-0.39, 0.29) is 11.9 Å². The first kappa shape index (κ1) is 15.2. The lowest BCUT2D eigenvalue weighted by Crippen LogP contribution is -2.48. The van der Waals surface area contributed by atoms with Crippen molar-refractivity contribution in [3.63, 3.8) is 0 Å². The number of aliphatic hydroxyl groups excluding tert-OH is 1. The molecule has 4 nitrogen and oxygen atoms in total. The Morgan fingerprint density at radius 3 is 2.76 bits per heavy atom. The molecule has 2 aliphatic heterocycles. The zero-order valence-electron chi connectivity index (χ0n) is 11.8. The van der Waals surface area contributed by atoms with Crippen LogP contribution in [0.15, 0.2) is 18.2 Å². The molecule has 1 aromatic rings. The molecule has 21 heavy (non-hydrogen) atoms. The van der Waals surface area contributed by atoms with Gasteiger partial charge in [0.05, 0.1) is 19.3 Å². The van der Waals surface area contributed by atoms with Gasteiger partial charge in [-0.05, 0) is 12.1 Å². The fourth-order valence-electron chi connectivity index (χ4n) is 3.15. The van der Waals surface area contributed by atoms with Gasteiger partial charge in [-0.3, -0.25) is 9.80 Å². The second-order valence-electron chi connectivity index (χ2n) is 5.68. The summed E-state index contributed by atoms with van der Waals surface area (Å²) in [6, 6.07) is 4.83. The van der Waals surface area contributed by atoms with Crippen LogP contribution in [0.25, 0.3) is 0 Å². The lowest BCUT2D eigenvalue weighted by molar-refractivity contribution is -0.00618. The highest BCUT2D eigenvalue weighted by Crippen LogP contribution is 2.24. The molecule has 2 atom stereocenters. The van der Waals surface area contributed by atoms with Crippen molar-refractivity contribution < 1.29 is 14.2 Å². The molecule has 1 N–H and O–H groups in total. The Hall–Kier alpha value is -0.720. The van der Waals surface area contributed by atoms with Gasteiger partial charge in [0, 0.05) is 49.4 Å². The van der Waals surface area contributed by atoms with Gasteiger partial charge in [-0.1, -0.05) is 17.7 Å². The Balaban J connectivity index is 1.65. The van der Waals surface area contributed by atoms with Gasteiger partial charge in [-0.2, -0.15) is 0 Å². The minimum atomic E-state index is -0.409. The van der Waals surface area contributed by atoms with Gasteiger partial charge in [0.25, 0.3) is 0 Å². The largest absolute Gasteiger partial charge is 0.390 e. The molecular weight excluding hydrogens is 295 g/mol. The highest BCUT2D eigenvalue weighted by Gasteiger charge is 2.36. The number of aliphatic hydroxyl groups is 1. The number of halogens is 2. The molecule has 6 heteroatoms. The number of likely N-dealkylation sites (tertiary alicyclic amines) is 1. The number of rotatable bonds is 3.